The van der Waals surface area contributed by atoms with Gasteiger partial charge in [-0.3, -0.25) is 19.4 Å². The molecule has 3 N–H and O–H groups in total. The maximum atomic E-state index is 13.8. The lowest BCUT2D eigenvalue weighted by molar-refractivity contribution is -0.141. The zero-order valence-electron chi connectivity index (χ0n) is 23.8. The average molecular weight is 544 g/mol. The molecule has 4 unspecified atom stereocenters. The third-order valence-electron chi connectivity index (χ3n) is 7.08. The van der Waals surface area contributed by atoms with Crippen molar-refractivity contribution in [3.8, 4) is 0 Å². The van der Waals surface area contributed by atoms with Crippen molar-refractivity contribution in [2.24, 2.45) is 5.41 Å². The number of nitrogens with one attached hydrogen (secondary N) is 2. The highest BCUT2D eigenvalue weighted by atomic mass is 16.6. The van der Waals surface area contributed by atoms with E-state index in [-0.39, 0.29) is 30.3 Å². The first-order valence-corrected chi connectivity index (χ1v) is 13.3. The van der Waals surface area contributed by atoms with E-state index in [0.717, 1.165) is 5.56 Å². The molecule has 0 spiro atoms. The normalized spacial score (nSPS) is 20.2. The van der Waals surface area contributed by atoms with Crippen molar-refractivity contribution in [3.05, 3.63) is 47.9 Å². The summed E-state index contributed by atoms with van der Waals surface area (Å²) in [6.45, 7) is 11.1. The van der Waals surface area contributed by atoms with Crippen LogP contribution in [0.5, 0.6) is 0 Å². The highest BCUT2D eigenvalue weighted by Crippen LogP contribution is 2.35. The maximum Gasteiger partial charge on any atom is 0.410 e. The van der Waals surface area contributed by atoms with E-state index in [1.165, 1.54) is 27.9 Å². The number of aliphatic hydroxyl groups is 1. The number of amides is 5. The van der Waals surface area contributed by atoms with Crippen molar-refractivity contribution in [1.82, 2.24) is 25.3 Å². The van der Waals surface area contributed by atoms with Crippen molar-refractivity contribution in [3.63, 3.8) is 0 Å². The van der Waals surface area contributed by atoms with Gasteiger partial charge < -0.3 is 25.4 Å². The summed E-state index contributed by atoms with van der Waals surface area (Å²) in [5.41, 5.74) is 0.145. The van der Waals surface area contributed by atoms with Crippen LogP contribution in [0.15, 0.2) is 42.3 Å². The summed E-state index contributed by atoms with van der Waals surface area (Å²) >= 11 is 0. The quantitative estimate of drug-likeness (QED) is 0.485. The van der Waals surface area contributed by atoms with Gasteiger partial charge in [0.25, 0.3) is 0 Å². The Morgan fingerprint density at radius 2 is 1.74 bits per heavy atom. The lowest BCUT2D eigenvalue weighted by atomic mass is 9.85. The SMILES string of the molecule is CC(C)NC(=O)N1C=C(O)C2C1CCN2C(=O)C(NC(=O)C(C)N(C)C(=O)OCc1ccccc1)C(C)(C)C. The first-order valence-electron chi connectivity index (χ1n) is 13.3. The fourth-order valence-corrected chi connectivity index (χ4v) is 4.75. The van der Waals surface area contributed by atoms with Crippen LogP contribution in [0.2, 0.25) is 0 Å². The topological polar surface area (TPSA) is 132 Å². The second-order valence-corrected chi connectivity index (χ2v) is 11.5. The number of carbonyl (C=O) groups is 4. The Morgan fingerprint density at radius 1 is 1.10 bits per heavy atom. The van der Waals surface area contributed by atoms with E-state index in [0.29, 0.717) is 13.0 Å². The maximum absolute atomic E-state index is 13.8. The fraction of sp³-hybridized carbons (Fsp3) is 0.571. The Balaban J connectivity index is 1.67. The molecule has 2 heterocycles. The summed E-state index contributed by atoms with van der Waals surface area (Å²) in [6, 6.07) is 5.86. The molecule has 214 valence electrons. The van der Waals surface area contributed by atoms with Gasteiger partial charge in [-0.25, -0.2) is 9.59 Å². The second-order valence-electron chi connectivity index (χ2n) is 11.5. The average Bonchev–Trinajstić information content (AvgIpc) is 3.45. The molecule has 0 bridgehead atoms. The molecular weight excluding hydrogens is 502 g/mol. The van der Waals surface area contributed by atoms with E-state index in [4.69, 9.17) is 4.74 Å². The van der Waals surface area contributed by atoms with E-state index in [2.05, 4.69) is 10.6 Å². The van der Waals surface area contributed by atoms with Gasteiger partial charge in [0.05, 0.1) is 6.04 Å². The van der Waals surface area contributed by atoms with Crippen LogP contribution in [0.3, 0.4) is 0 Å². The predicted molar refractivity (Wildman–Crippen MR) is 145 cm³/mol. The molecule has 5 amide bonds. The van der Waals surface area contributed by atoms with Crippen LogP contribution in [0.25, 0.3) is 0 Å². The van der Waals surface area contributed by atoms with Gasteiger partial charge in [0.2, 0.25) is 11.8 Å². The van der Waals surface area contributed by atoms with E-state index >= 15 is 0 Å². The second kappa shape index (κ2) is 12.0. The molecule has 1 saturated heterocycles. The molecule has 2 aliphatic heterocycles. The number of benzene rings is 1. The van der Waals surface area contributed by atoms with Crippen LogP contribution >= 0.6 is 0 Å². The molecule has 39 heavy (non-hydrogen) atoms. The molecule has 0 aromatic heterocycles. The van der Waals surface area contributed by atoms with Gasteiger partial charge in [0.15, 0.2) is 0 Å². The van der Waals surface area contributed by atoms with E-state index in [1.807, 2.05) is 65.0 Å². The first-order chi connectivity index (χ1) is 18.2. The van der Waals surface area contributed by atoms with Gasteiger partial charge in [0.1, 0.15) is 30.5 Å². The monoisotopic (exact) mass is 543 g/mol. The number of hydrogen-bond donors (Lipinski definition) is 3. The summed E-state index contributed by atoms with van der Waals surface area (Å²) in [5, 5.41) is 16.3. The van der Waals surface area contributed by atoms with Crippen LogP contribution < -0.4 is 10.6 Å². The van der Waals surface area contributed by atoms with Gasteiger partial charge in [-0.2, -0.15) is 0 Å². The molecule has 1 aromatic rings. The highest BCUT2D eigenvalue weighted by Gasteiger charge is 2.50. The molecule has 11 nitrogen and oxygen atoms in total. The van der Waals surface area contributed by atoms with Crippen LogP contribution in [-0.2, 0) is 20.9 Å². The summed E-state index contributed by atoms with van der Waals surface area (Å²) in [7, 11) is 1.47. The van der Waals surface area contributed by atoms with E-state index < -0.39 is 41.6 Å². The van der Waals surface area contributed by atoms with Crippen molar-refractivity contribution in [2.75, 3.05) is 13.6 Å². The standard InChI is InChI=1S/C28H41N5O6/c1-17(2)29-26(37)33-15-21(34)22-20(33)13-14-32(22)25(36)23(28(4,5)6)30-24(35)18(3)31(7)27(38)39-16-19-11-9-8-10-12-19/h8-12,15,17-18,20,22-23,34H,13-14,16H2,1-7H3,(H,29,37)(H,30,35). The van der Waals surface area contributed by atoms with Crippen LogP contribution in [-0.4, -0.2) is 87.5 Å². The molecule has 1 fully saturated rings. The summed E-state index contributed by atoms with van der Waals surface area (Å²) < 4.78 is 5.34. The van der Waals surface area contributed by atoms with Crippen LogP contribution in [0.1, 0.15) is 53.5 Å². The van der Waals surface area contributed by atoms with Gasteiger partial charge in [-0.05, 0) is 38.2 Å². The van der Waals surface area contributed by atoms with Crippen molar-refractivity contribution >= 4 is 23.9 Å². The zero-order chi connectivity index (χ0) is 29.1. The third kappa shape index (κ3) is 6.82. The van der Waals surface area contributed by atoms with Gasteiger partial charge in [-0.1, -0.05) is 51.1 Å². The molecule has 3 rings (SSSR count). The summed E-state index contributed by atoms with van der Waals surface area (Å²) in [4.78, 5) is 56.4. The Kier molecular flexibility index (Phi) is 9.14. The fourth-order valence-electron chi connectivity index (χ4n) is 4.75. The number of nitrogens with zero attached hydrogens (tertiary/aromatic N) is 3. The van der Waals surface area contributed by atoms with Gasteiger partial charge in [-0.15, -0.1) is 0 Å². The molecular formula is C28H41N5O6. The number of aliphatic hydroxyl groups excluding tert-OH is 1. The van der Waals surface area contributed by atoms with E-state index in [1.54, 1.807) is 6.92 Å². The molecule has 0 saturated carbocycles. The number of rotatable bonds is 7. The van der Waals surface area contributed by atoms with Crippen molar-refractivity contribution < 1.29 is 29.0 Å². The lowest BCUT2D eigenvalue weighted by Gasteiger charge is -2.36. The zero-order valence-corrected chi connectivity index (χ0v) is 23.8. The van der Waals surface area contributed by atoms with Crippen molar-refractivity contribution in [1.29, 1.82) is 0 Å². The molecule has 2 aliphatic rings. The first kappa shape index (κ1) is 29.8. The largest absolute Gasteiger partial charge is 0.508 e. The minimum atomic E-state index is -0.939. The number of hydrogen-bond acceptors (Lipinski definition) is 6. The Morgan fingerprint density at radius 3 is 2.33 bits per heavy atom. The highest BCUT2D eigenvalue weighted by molar-refractivity contribution is 5.92. The van der Waals surface area contributed by atoms with Crippen molar-refractivity contribution in [2.45, 2.75) is 84.8 Å². The molecule has 11 heteroatoms. The Labute approximate surface area is 230 Å². The predicted octanol–water partition coefficient (Wildman–Crippen LogP) is 2.98. The smallest absolute Gasteiger partial charge is 0.410 e. The molecule has 0 aliphatic carbocycles. The van der Waals surface area contributed by atoms with Gasteiger partial charge in [0, 0.05) is 25.8 Å². The summed E-state index contributed by atoms with van der Waals surface area (Å²) in [6.07, 6.45) is 1.19. The number of fused-ring (bicyclic) bond motifs is 1. The van der Waals surface area contributed by atoms with Gasteiger partial charge >= 0.3 is 12.1 Å². The Hall–Kier alpha value is -3.76. The van der Waals surface area contributed by atoms with E-state index in [9.17, 15) is 24.3 Å². The minimum Gasteiger partial charge on any atom is -0.508 e. The number of likely N-dealkylation sites (tertiary alicyclic amines) is 1. The number of carbonyl (C=O) groups excluding carboxylic acids is 4. The molecule has 0 radical (unpaired) electrons. The molecule has 4 atom stereocenters. The third-order valence-corrected chi connectivity index (χ3v) is 7.08. The number of urea groups is 1. The number of ether oxygens (including phenoxy) is 1. The minimum absolute atomic E-state index is 0.0713. The van der Waals surface area contributed by atoms with Crippen LogP contribution in [0, 0.1) is 5.41 Å². The number of likely N-dealkylation sites (N-methyl/N-ethyl adjacent to an activating group) is 1. The lowest BCUT2D eigenvalue weighted by Crippen LogP contribution is -2.59. The van der Waals surface area contributed by atoms with Crippen LogP contribution in [0.4, 0.5) is 9.59 Å². The summed E-state index contributed by atoms with van der Waals surface area (Å²) in [5.74, 6) is -0.948. The Bertz CT molecular complexity index is 1100. The molecule has 1 aromatic carbocycles.